The molecule has 1 unspecified atom stereocenters. The van der Waals surface area contributed by atoms with E-state index < -0.39 is 19.0 Å². The lowest BCUT2D eigenvalue weighted by atomic mass is 10.1. The molecule has 16 heavy (non-hydrogen) atoms. The molecule has 0 aliphatic carbocycles. The summed E-state index contributed by atoms with van der Waals surface area (Å²) in [5.74, 6) is 0. The zero-order valence-corrected chi connectivity index (χ0v) is 9.90. The molecule has 3 N–H and O–H groups in total. The molecule has 1 aromatic rings. The number of hydrogen-bond donors (Lipinski definition) is 2. The summed E-state index contributed by atoms with van der Waals surface area (Å²) in [6.07, 6.45) is -2.42. The summed E-state index contributed by atoms with van der Waals surface area (Å²) in [4.78, 5) is 0. The number of rotatable bonds is 5. The summed E-state index contributed by atoms with van der Waals surface area (Å²) >= 11 is 11.7. The Morgan fingerprint density at radius 1 is 1.31 bits per heavy atom. The molecule has 1 aromatic carbocycles. The van der Waals surface area contributed by atoms with Crippen LogP contribution in [0, 0.1) is 0 Å². The van der Waals surface area contributed by atoms with Crippen LogP contribution < -0.4 is 11.1 Å². The average Bonchev–Trinajstić information content (AvgIpc) is 2.21. The first-order valence-electron chi connectivity index (χ1n) is 4.71. The Kier molecular flexibility index (Phi) is 5.41. The minimum atomic E-state index is -2.42. The lowest BCUT2D eigenvalue weighted by Crippen LogP contribution is -2.32. The van der Waals surface area contributed by atoms with Crippen LogP contribution in [0.5, 0.6) is 0 Å². The van der Waals surface area contributed by atoms with E-state index in [-0.39, 0.29) is 6.54 Å². The zero-order valence-electron chi connectivity index (χ0n) is 8.39. The molecule has 1 rings (SSSR count). The fourth-order valence-electron chi connectivity index (χ4n) is 1.34. The van der Waals surface area contributed by atoms with E-state index in [2.05, 4.69) is 5.32 Å². The summed E-state index contributed by atoms with van der Waals surface area (Å²) in [7, 11) is 0. The van der Waals surface area contributed by atoms with Gasteiger partial charge in [-0.2, -0.15) is 0 Å². The molecule has 0 heterocycles. The van der Waals surface area contributed by atoms with E-state index in [0.717, 1.165) is 0 Å². The lowest BCUT2D eigenvalue weighted by molar-refractivity contribution is 0.141. The van der Waals surface area contributed by atoms with Crippen molar-refractivity contribution in [1.82, 2.24) is 5.32 Å². The Hall–Kier alpha value is -0.420. The highest BCUT2D eigenvalue weighted by Gasteiger charge is 2.14. The SMILES string of the molecule is NCC(NCC(F)F)c1ccc(Cl)cc1Cl. The van der Waals surface area contributed by atoms with Crippen LogP contribution in [0.1, 0.15) is 11.6 Å². The highest BCUT2D eigenvalue weighted by Crippen LogP contribution is 2.25. The van der Waals surface area contributed by atoms with Gasteiger partial charge in [0.2, 0.25) is 0 Å². The first-order chi connectivity index (χ1) is 7.54. The third-order valence-corrected chi connectivity index (χ3v) is 2.65. The third-order valence-electron chi connectivity index (χ3n) is 2.09. The monoisotopic (exact) mass is 268 g/mol. The second kappa shape index (κ2) is 6.35. The Bertz CT molecular complexity index is 348. The van der Waals surface area contributed by atoms with Crippen LogP contribution in [0.2, 0.25) is 10.0 Å². The zero-order chi connectivity index (χ0) is 12.1. The number of benzene rings is 1. The van der Waals surface area contributed by atoms with Crippen molar-refractivity contribution in [3.8, 4) is 0 Å². The standard InChI is InChI=1S/C10H12Cl2F2N2/c11-6-1-2-7(8(12)3-6)9(4-15)16-5-10(13)14/h1-3,9-10,16H,4-5,15H2. The number of alkyl halides is 2. The fourth-order valence-corrected chi connectivity index (χ4v) is 1.88. The molecule has 0 amide bonds. The van der Waals surface area contributed by atoms with Crippen molar-refractivity contribution in [2.75, 3.05) is 13.1 Å². The van der Waals surface area contributed by atoms with Crippen LogP contribution in [0.4, 0.5) is 8.78 Å². The van der Waals surface area contributed by atoms with E-state index in [1.165, 1.54) is 0 Å². The number of nitrogens with two attached hydrogens (primary N) is 1. The lowest BCUT2D eigenvalue weighted by Gasteiger charge is -2.18. The number of nitrogens with one attached hydrogen (secondary N) is 1. The quantitative estimate of drug-likeness (QED) is 0.862. The molecule has 0 bridgehead atoms. The van der Waals surface area contributed by atoms with Gasteiger partial charge in [0.05, 0.1) is 6.54 Å². The molecule has 0 saturated heterocycles. The second-order valence-corrected chi connectivity index (χ2v) is 4.10. The highest BCUT2D eigenvalue weighted by atomic mass is 35.5. The molecule has 0 aromatic heterocycles. The molecule has 6 heteroatoms. The van der Waals surface area contributed by atoms with Gasteiger partial charge in [-0.25, -0.2) is 8.78 Å². The normalized spacial score (nSPS) is 13.1. The maximum atomic E-state index is 12.1. The Morgan fingerprint density at radius 3 is 2.50 bits per heavy atom. The molecule has 1 atom stereocenters. The fraction of sp³-hybridized carbons (Fsp3) is 0.400. The summed E-state index contributed by atoms with van der Waals surface area (Å²) < 4.78 is 24.1. The minimum absolute atomic E-state index is 0.189. The number of halogens is 4. The van der Waals surface area contributed by atoms with E-state index >= 15 is 0 Å². The van der Waals surface area contributed by atoms with Crippen molar-refractivity contribution in [1.29, 1.82) is 0 Å². The molecule has 0 saturated carbocycles. The van der Waals surface area contributed by atoms with Crippen LogP contribution in [-0.2, 0) is 0 Å². The minimum Gasteiger partial charge on any atom is -0.329 e. The van der Waals surface area contributed by atoms with Gasteiger partial charge < -0.3 is 11.1 Å². The van der Waals surface area contributed by atoms with Crippen LogP contribution in [0.3, 0.4) is 0 Å². The molecule has 0 aliphatic rings. The van der Waals surface area contributed by atoms with Crippen LogP contribution in [0.15, 0.2) is 18.2 Å². The highest BCUT2D eigenvalue weighted by molar-refractivity contribution is 6.35. The van der Waals surface area contributed by atoms with Crippen molar-refractivity contribution < 1.29 is 8.78 Å². The molecule has 0 radical (unpaired) electrons. The van der Waals surface area contributed by atoms with Gasteiger partial charge in [-0.3, -0.25) is 0 Å². The van der Waals surface area contributed by atoms with E-state index in [4.69, 9.17) is 28.9 Å². The van der Waals surface area contributed by atoms with E-state index in [9.17, 15) is 8.78 Å². The van der Waals surface area contributed by atoms with Crippen LogP contribution in [-0.4, -0.2) is 19.5 Å². The molecule has 0 fully saturated rings. The molecule has 2 nitrogen and oxygen atoms in total. The van der Waals surface area contributed by atoms with Crippen molar-refractivity contribution >= 4 is 23.2 Å². The van der Waals surface area contributed by atoms with E-state index in [1.54, 1.807) is 18.2 Å². The number of hydrogen-bond acceptors (Lipinski definition) is 2. The van der Waals surface area contributed by atoms with Crippen molar-refractivity contribution in [2.45, 2.75) is 12.5 Å². The molecule has 90 valence electrons. The smallest absolute Gasteiger partial charge is 0.250 e. The first kappa shape index (κ1) is 13.6. The van der Waals surface area contributed by atoms with Gasteiger partial charge in [0.15, 0.2) is 0 Å². The van der Waals surface area contributed by atoms with Gasteiger partial charge in [-0.1, -0.05) is 29.3 Å². The summed E-state index contributed by atoms with van der Waals surface area (Å²) in [6, 6.07) is 4.50. The van der Waals surface area contributed by atoms with Gasteiger partial charge in [-0.05, 0) is 17.7 Å². The average molecular weight is 269 g/mol. The maximum Gasteiger partial charge on any atom is 0.250 e. The Morgan fingerprint density at radius 2 is 2.00 bits per heavy atom. The molecule has 0 spiro atoms. The first-order valence-corrected chi connectivity index (χ1v) is 5.46. The van der Waals surface area contributed by atoms with Gasteiger partial charge >= 0.3 is 0 Å². The third kappa shape index (κ3) is 3.87. The van der Waals surface area contributed by atoms with Crippen LogP contribution in [0.25, 0.3) is 0 Å². The predicted molar refractivity (Wildman–Crippen MR) is 62.3 cm³/mol. The van der Waals surface area contributed by atoms with Crippen molar-refractivity contribution in [2.24, 2.45) is 5.73 Å². The largest absolute Gasteiger partial charge is 0.329 e. The molecular formula is C10H12Cl2F2N2. The Balaban J connectivity index is 2.78. The summed E-state index contributed by atoms with van der Waals surface area (Å²) in [5.41, 5.74) is 6.17. The van der Waals surface area contributed by atoms with Gasteiger partial charge in [0.1, 0.15) is 0 Å². The Labute approximate surface area is 103 Å². The van der Waals surface area contributed by atoms with Crippen molar-refractivity contribution in [3.63, 3.8) is 0 Å². The van der Waals surface area contributed by atoms with Crippen LogP contribution >= 0.6 is 23.2 Å². The van der Waals surface area contributed by atoms with Gasteiger partial charge in [0, 0.05) is 22.6 Å². The summed E-state index contributed by atoms with van der Waals surface area (Å²) in [6.45, 7) is -0.227. The van der Waals surface area contributed by atoms with E-state index in [1.807, 2.05) is 0 Å². The maximum absolute atomic E-state index is 12.1. The van der Waals surface area contributed by atoms with Gasteiger partial charge in [0.25, 0.3) is 6.43 Å². The second-order valence-electron chi connectivity index (χ2n) is 3.25. The summed E-state index contributed by atoms with van der Waals surface area (Å²) in [5, 5.41) is 3.56. The van der Waals surface area contributed by atoms with Crippen molar-refractivity contribution in [3.05, 3.63) is 33.8 Å². The molecular weight excluding hydrogens is 257 g/mol. The van der Waals surface area contributed by atoms with Gasteiger partial charge in [-0.15, -0.1) is 0 Å². The molecule has 0 aliphatic heterocycles. The topological polar surface area (TPSA) is 38.0 Å². The van der Waals surface area contributed by atoms with E-state index in [0.29, 0.717) is 15.6 Å². The predicted octanol–water partition coefficient (Wildman–Crippen LogP) is 2.85.